The standard InChI is InChI=1S/C19H22N2O4/c1-21(2)15-7-4-13(5-8-15)12-20-16(19(24)25-3)10-14-6-9-17(22)18(23)11-14/h4-9,11-12,16,22-23H,10H2,1-3H3. The molecule has 0 amide bonds. The summed E-state index contributed by atoms with van der Waals surface area (Å²) < 4.78 is 4.81. The van der Waals surface area contributed by atoms with Gasteiger partial charge in [0.05, 0.1) is 7.11 Å². The van der Waals surface area contributed by atoms with Gasteiger partial charge >= 0.3 is 5.97 Å². The normalized spacial score (nSPS) is 12.1. The maximum absolute atomic E-state index is 12.0. The van der Waals surface area contributed by atoms with E-state index < -0.39 is 12.0 Å². The maximum atomic E-state index is 12.0. The van der Waals surface area contributed by atoms with E-state index in [9.17, 15) is 15.0 Å². The van der Waals surface area contributed by atoms with E-state index >= 15 is 0 Å². The van der Waals surface area contributed by atoms with Gasteiger partial charge in [-0.2, -0.15) is 0 Å². The number of esters is 1. The summed E-state index contributed by atoms with van der Waals surface area (Å²) in [6.45, 7) is 0. The average molecular weight is 342 g/mol. The van der Waals surface area contributed by atoms with Gasteiger partial charge in [0.25, 0.3) is 0 Å². The highest BCUT2D eigenvalue weighted by Crippen LogP contribution is 2.25. The molecule has 0 radical (unpaired) electrons. The molecular formula is C19H22N2O4. The number of hydrogen-bond acceptors (Lipinski definition) is 6. The summed E-state index contributed by atoms with van der Waals surface area (Å²) in [7, 11) is 5.23. The van der Waals surface area contributed by atoms with Gasteiger partial charge < -0.3 is 19.8 Å². The van der Waals surface area contributed by atoms with Gasteiger partial charge in [-0.25, -0.2) is 4.79 Å². The second-order valence-corrected chi connectivity index (χ2v) is 5.83. The van der Waals surface area contributed by atoms with Crippen molar-refractivity contribution in [2.75, 3.05) is 26.1 Å². The van der Waals surface area contributed by atoms with Crippen LogP contribution in [0, 0.1) is 0 Å². The minimum Gasteiger partial charge on any atom is -0.504 e. The van der Waals surface area contributed by atoms with E-state index in [2.05, 4.69) is 4.99 Å². The Kier molecular flexibility index (Phi) is 6.00. The molecule has 0 spiro atoms. The van der Waals surface area contributed by atoms with Crippen LogP contribution in [0.1, 0.15) is 11.1 Å². The number of ether oxygens (including phenoxy) is 1. The van der Waals surface area contributed by atoms with E-state index in [1.54, 1.807) is 12.3 Å². The zero-order valence-corrected chi connectivity index (χ0v) is 14.5. The van der Waals surface area contributed by atoms with Crippen LogP contribution < -0.4 is 4.90 Å². The fraction of sp³-hybridized carbons (Fsp3) is 0.263. The number of anilines is 1. The lowest BCUT2D eigenvalue weighted by molar-refractivity contribution is -0.142. The first kappa shape index (κ1) is 18.3. The van der Waals surface area contributed by atoms with E-state index in [0.717, 1.165) is 11.3 Å². The number of aliphatic imine (C=N–C) groups is 1. The maximum Gasteiger partial charge on any atom is 0.330 e. The predicted octanol–water partition coefficient (Wildman–Crippen LogP) is 2.37. The van der Waals surface area contributed by atoms with E-state index in [1.165, 1.54) is 19.2 Å². The molecule has 2 aromatic rings. The fourth-order valence-electron chi connectivity index (χ4n) is 2.29. The Morgan fingerprint density at radius 2 is 1.84 bits per heavy atom. The second kappa shape index (κ2) is 8.19. The molecule has 0 heterocycles. The van der Waals surface area contributed by atoms with E-state index in [-0.39, 0.29) is 17.9 Å². The lowest BCUT2D eigenvalue weighted by Crippen LogP contribution is -2.23. The number of carbonyl (C=O) groups excluding carboxylic acids is 1. The summed E-state index contributed by atoms with van der Waals surface area (Å²) >= 11 is 0. The number of rotatable bonds is 6. The second-order valence-electron chi connectivity index (χ2n) is 5.83. The molecule has 0 aliphatic heterocycles. The smallest absolute Gasteiger partial charge is 0.330 e. The average Bonchev–Trinajstić information content (AvgIpc) is 2.61. The summed E-state index contributed by atoms with van der Waals surface area (Å²) in [5.74, 6) is -0.902. The number of phenolic OH excluding ortho intramolecular Hbond substituents is 2. The van der Waals surface area contributed by atoms with Crippen LogP contribution in [-0.2, 0) is 16.0 Å². The Balaban J connectivity index is 2.16. The van der Waals surface area contributed by atoms with Gasteiger partial charge in [-0.05, 0) is 35.4 Å². The fourth-order valence-corrected chi connectivity index (χ4v) is 2.29. The molecule has 0 saturated carbocycles. The first-order chi connectivity index (χ1) is 11.9. The van der Waals surface area contributed by atoms with Gasteiger partial charge in [0.1, 0.15) is 0 Å². The van der Waals surface area contributed by atoms with Gasteiger partial charge in [0, 0.05) is 32.4 Å². The molecule has 6 nitrogen and oxygen atoms in total. The highest BCUT2D eigenvalue weighted by atomic mass is 16.5. The van der Waals surface area contributed by atoms with Crippen molar-refractivity contribution >= 4 is 17.9 Å². The Hall–Kier alpha value is -3.02. The Morgan fingerprint density at radius 3 is 2.40 bits per heavy atom. The third-order valence-corrected chi connectivity index (χ3v) is 3.76. The van der Waals surface area contributed by atoms with Crippen LogP contribution in [0.3, 0.4) is 0 Å². The molecular weight excluding hydrogens is 320 g/mol. The van der Waals surface area contributed by atoms with Crippen LogP contribution in [0.5, 0.6) is 11.5 Å². The molecule has 132 valence electrons. The number of hydrogen-bond donors (Lipinski definition) is 2. The predicted molar refractivity (Wildman–Crippen MR) is 97.6 cm³/mol. The Labute approximate surface area is 147 Å². The zero-order chi connectivity index (χ0) is 18.4. The summed E-state index contributed by atoms with van der Waals surface area (Å²) in [5.41, 5.74) is 2.61. The molecule has 1 atom stereocenters. The highest BCUT2D eigenvalue weighted by molar-refractivity contribution is 5.84. The molecule has 0 saturated heterocycles. The van der Waals surface area contributed by atoms with Crippen LogP contribution in [0.25, 0.3) is 0 Å². The van der Waals surface area contributed by atoms with Crippen molar-refractivity contribution in [3.8, 4) is 11.5 Å². The van der Waals surface area contributed by atoms with Gasteiger partial charge in [-0.3, -0.25) is 4.99 Å². The third-order valence-electron chi connectivity index (χ3n) is 3.76. The van der Waals surface area contributed by atoms with Crippen LogP contribution in [0.4, 0.5) is 5.69 Å². The molecule has 0 aliphatic carbocycles. The number of methoxy groups -OCH3 is 1. The molecule has 25 heavy (non-hydrogen) atoms. The van der Waals surface area contributed by atoms with E-state index in [1.807, 2.05) is 43.3 Å². The quantitative estimate of drug-likeness (QED) is 0.478. The molecule has 0 fully saturated rings. The Bertz CT molecular complexity index is 755. The van der Waals surface area contributed by atoms with Crippen molar-refractivity contribution in [2.24, 2.45) is 4.99 Å². The van der Waals surface area contributed by atoms with Crippen LogP contribution in [-0.4, -0.2) is 49.6 Å². The molecule has 2 N–H and O–H groups in total. The van der Waals surface area contributed by atoms with Gasteiger partial charge in [0.2, 0.25) is 0 Å². The molecule has 2 aromatic carbocycles. The summed E-state index contributed by atoms with van der Waals surface area (Å²) in [5, 5.41) is 19.0. The minimum absolute atomic E-state index is 0.206. The number of phenols is 2. The van der Waals surface area contributed by atoms with Crippen LogP contribution in [0.15, 0.2) is 47.5 Å². The first-order valence-electron chi connectivity index (χ1n) is 7.80. The number of carbonyl (C=O) groups is 1. The van der Waals surface area contributed by atoms with E-state index in [0.29, 0.717) is 5.56 Å². The van der Waals surface area contributed by atoms with E-state index in [4.69, 9.17) is 4.74 Å². The number of benzene rings is 2. The zero-order valence-electron chi connectivity index (χ0n) is 14.5. The molecule has 0 bridgehead atoms. The van der Waals surface area contributed by atoms with Crippen molar-refractivity contribution in [3.05, 3.63) is 53.6 Å². The van der Waals surface area contributed by atoms with Crippen molar-refractivity contribution in [3.63, 3.8) is 0 Å². The molecule has 0 aliphatic rings. The molecule has 1 unspecified atom stereocenters. The largest absolute Gasteiger partial charge is 0.504 e. The molecule has 0 aromatic heterocycles. The van der Waals surface area contributed by atoms with Crippen molar-refractivity contribution < 1.29 is 19.7 Å². The molecule has 6 heteroatoms. The van der Waals surface area contributed by atoms with Gasteiger partial charge in [-0.15, -0.1) is 0 Å². The monoisotopic (exact) mass is 342 g/mol. The lowest BCUT2D eigenvalue weighted by Gasteiger charge is -2.12. The lowest BCUT2D eigenvalue weighted by atomic mass is 10.1. The first-order valence-corrected chi connectivity index (χ1v) is 7.80. The minimum atomic E-state index is -0.734. The highest BCUT2D eigenvalue weighted by Gasteiger charge is 2.18. The number of aromatic hydroxyl groups is 2. The van der Waals surface area contributed by atoms with Crippen LogP contribution in [0.2, 0.25) is 0 Å². The topological polar surface area (TPSA) is 82.4 Å². The van der Waals surface area contributed by atoms with Gasteiger partial charge in [0.15, 0.2) is 17.5 Å². The SMILES string of the molecule is COC(=O)C(Cc1ccc(O)c(O)c1)N=Cc1ccc(N(C)C)cc1. The third kappa shape index (κ3) is 4.97. The summed E-state index contributed by atoms with van der Waals surface area (Å²) in [6, 6.07) is 11.4. The summed E-state index contributed by atoms with van der Waals surface area (Å²) in [6.07, 6.45) is 1.88. The summed E-state index contributed by atoms with van der Waals surface area (Å²) in [4.78, 5) is 18.3. The Morgan fingerprint density at radius 1 is 1.16 bits per heavy atom. The number of nitrogens with zero attached hydrogens (tertiary/aromatic N) is 2. The van der Waals surface area contributed by atoms with Crippen molar-refractivity contribution in [2.45, 2.75) is 12.5 Å². The molecule has 2 rings (SSSR count). The van der Waals surface area contributed by atoms with Crippen LogP contribution >= 0.6 is 0 Å². The van der Waals surface area contributed by atoms with Crippen molar-refractivity contribution in [1.82, 2.24) is 0 Å². The van der Waals surface area contributed by atoms with Crippen molar-refractivity contribution in [1.29, 1.82) is 0 Å². The van der Waals surface area contributed by atoms with Gasteiger partial charge in [-0.1, -0.05) is 18.2 Å².